The van der Waals surface area contributed by atoms with Gasteiger partial charge in [0.2, 0.25) is 0 Å². The molecule has 0 fully saturated rings. The first-order chi connectivity index (χ1) is 7.81. The molecule has 2 N–H and O–H groups in total. The molecule has 0 aliphatic carbocycles. The molecule has 1 aromatic carbocycles. The summed E-state index contributed by atoms with van der Waals surface area (Å²) < 4.78 is 0. The van der Waals surface area contributed by atoms with Crippen molar-refractivity contribution in [3.8, 4) is 0 Å². The molecule has 0 aliphatic heterocycles. The number of benzene rings is 1. The fraction of sp³-hybridized carbons (Fsp3) is 0.385. The Morgan fingerprint density at radius 3 is 2.18 bits per heavy atom. The Hall–Kier alpha value is -1.84. The smallest absolute Gasteiger partial charge is 0.336 e. The SMILES string of the molecule is CC(C)(C)CNC(=O)c1ccccc1C(=O)O. The summed E-state index contributed by atoms with van der Waals surface area (Å²) in [6, 6.07) is 6.19. The van der Waals surface area contributed by atoms with Crippen molar-refractivity contribution < 1.29 is 14.7 Å². The highest BCUT2D eigenvalue weighted by Crippen LogP contribution is 2.12. The molecule has 0 aliphatic rings. The summed E-state index contributed by atoms with van der Waals surface area (Å²) in [5.41, 5.74) is 0.191. The largest absolute Gasteiger partial charge is 0.478 e. The molecule has 0 spiro atoms. The number of rotatable bonds is 3. The molecule has 0 heterocycles. The molecular weight excluding hydrogens is 218 g/mol. The van der Waals surface area contributed by atoms with Crippen LogP contribution in [0, 0.1) is 5.41 Å². The van der Waals surface area contributed by atoms with E-state index in [1.54, 1.807) is 12.1 Å². The molecule has 0 unspecified atom stereocenters. The van der Waals surface area contributed by atoms with Gasteiger partial charge in [-0.05, 0) is 17.5 Å². The second-order valence-electron chi connectivity index (χ2n) is 5.09. The highest BCUT2D eigenvalue weighted by molar-refractivity contribution is 6.04. The number of carbonyl (C=O) groups is 2. The zero-order valence-electron chi connectivity index (χ0n) is 10.3. The van der Waals surface area contributed by atoms with Crippen LogP contribution in [0.1, 0.15) is 41.5 Å². The number of aromatic carboxylic acids is 1. The number of nitrogens with one attached hydrogen (secondary N) is 1. The van der Waals surface area contributed by atoms with Gasteiger partial charge in [-0.25, -0.2) is 4.79 Å². The van der Waals surface area contributed by atoms with Crippen LogP contribution in [0.15, 0.2) is 24.3 Å². The van der Waals surface area contributed by atoms with E-state index in [-0.39, 0.29) is 22.4 Å². The van der Waals surface area contributed by atoms with Gasteiger partial charge in [0.25, 0.3) is 5.91 Å². The normalized spacial score (nSPS) is 11.0. The van der Waals surface area contributed by atoms with Gasteiger partial charge in [0.15, 0.2) is 0 Å². The number of carbonyl (C=O) groups excluding carboxylic acids is 1. The van der Waals surface area contributed by atoms with Crippen molar-refractivity contribution in [3.05, 3.63) is 35.4 Å². The van der Waals surface area contributed by atoms with E-state index in [4.69, 9.17) is 5.11 Å². The topological polar surface area (TPSA) is 66.4 Å². The van der Waals surface area contributed by atoms with Gasteiger partial charge < -0.3 is 10.4 Å². The fourth-order valence-corrected chi connectivity index (χ4v) is 1.31. The maximum Gasteiger partial charge on any atom is 0.336 e. The van der Waals surface area contributed by atoms with E-state index in [1.807, 2.05) is 20.8 Å². The molecule has 4 heteroatoms. The van der Waals surface area contributed by atoms with Gasteiger partial charge in [-0.1, -0.05) is 32.9 Å². The van der Waals surface area contributed by atoms with Crippen molar-refractivity contribution in [2.45, 2.75) is 20.8 Å². The fourth-order valence-electron chi connectivity index (χ4n) is 1.31. The number of amides is 1. The van der Waals surface area contributed by atoms with Crippen LogP contribution < -0.4 is 5.32 Å². The number of carboxylic acids is 1. The molecule has 1 rings (SSSR count). The van der Waals surface area contributed by atoms with Crippen molar-refractivity contribution in [1.29, 1.82) is 0 Å². The summed E-state index contributed by atoms with van der Waals surface area (Å²) >= 11 is 0. The summed E-state index contributed by atoms with van der Waals surface area (Å²) in [6.45, 7) is 6.49. The molecule has 0 radical (unpaired) electrons. The van der Waals surface area contributed by atoms with Gasteiger partial charge in [0.05, 0.1) is 11.1 Å². The van der Waals surface area contributed by atoms with Gasteiger partial charge in [-0.2, -0.15) is 0 Å². The summed E-state index contributed by atoms with van der Waals surface area (Å²) in [6.07, 6.45) is 0. The van der Waals surface area contributed by atoms with Crippen LogP contribution in [0.3, 0.4) is 0 Å². The highest BCUT2D eigenvalue weighted by Gasteiger charge is 2.17. The van der Waals surface area contributed by atoms with Crippen LogP contribution >= 0.6 is 0 Å². The summed E-state index contributed by atoms with van der Waals surface area (Å²) in [5, 5.41) is 11.7. The van der Waals surface area contributed by atoms with Crippen molar-refractivity contribution in [1.82, 2.24) is 5.32 Å². The first-order valence-electron chi connectivity index (χ1n) is 5.42. The third-order valence-corrected chi connectivity index (χ3v) is 2.18. The Labute approximate surface area is 101 Å². The average Bonchev–Trinajstić information content (AvgIpc) is 2.25. The van der Waals surface area contributed by atoms with Gasteiger partial charge in [-0.15, -0.1) is 0 Å². The van der Waals surface area contributed by atoms with Crippen molar-refractivity contribution in [2.24, 2.45) is 5.41 Å². The van der Waals surface area contributed by atoms with Gasteiger partial charge >= 0.3 is 5.97 Å². The minimum atomic E-state index is -1.09. The van der Waals surface area contributed by atoms with E-state index >= 15 is 0 Å². The lowest BCUT2D eigenvalue weighted by atomic mass is 9.96. The predicted molar refractivity (Wildman–Crippen MR) is 65.2 cm³/mol. The van der Waals surface area contributed by atoms with E-state index in [0.717, 1.165) is 0 Å². The lowest BCUT2D eigenvalue weighted by molar-refractivity contribution is 0.0690. The molecule has 4 nitrogen and oxygen atoms in total. The molecule has 1 aromatic rings. The van der Waals surface area contributed by atoms with Crippen LogP contribution in [-0.2, 0) is 0 Å². The lowest BCUT2D eigenvalue weighted by Gasteiger charge is -2.19. The summed E-state index contributed by atoms with van der Waals surface area (Å²) in [4.78, 5) is 22.8. The summed E-state index contributed by atoms with van der Waals surface area (Å²) in [5.74, 6) is -1.44. The first-order valence-corrected chi connectivity index (χ1v) is 5.42. The Bertz CT molecular complexity index is 433. The number of hydrogen-bond donors (Lipinski definition) is 2. The first kappa shape index (κ1) is 13.2. The molecule has 92 valence electrons. The molecule has 0 aromatic heterocycles. The third kappa shape index (κ3) is 3.90. The lowest BCUT2D eigenvalue weighted by Crippen LogP contribution is -2.33. The molecule has 0 saturated carbocycles. The van der Waals surface area contributed by atoms with Gasteiger partial charge in [0, 0.05) is 6.54 Å². The third-order valence-electron chi connectivity index (χ3n) is 2.18. The van der Waals surface area contributed by atoms with Crippen LogP contribution in [0.4, 0.5) is 0 Å². The quantitative estimate of drug-likeness (QED) is 0.843. The Kier molecular flexibility index (Phi) is 3.89. The van der Waals surface area contributed by atoms with E-state index in [9.17, 15) is 9.59 Å². The molecular formula is C13H17NO3. The maximum atomic E-state index is 11.8. The predicted octanol–water partition coefficient (Wildman–Crippen LogP) is 2.16. The average molecular weight is 235 g/mol. The zero-order chi connectivity index (χ0) is 13.1. The molecule has 17 heavy (non-hydrogen) atoms. The van der Waals surface area contributed by atoms with E-state index in [2.05, 4.69) is 5.32 Å². The van der Waals surface area contributed by atoms with Crippen LogP contribution in [-0.4, -0.2) is 23.5 Å². The molecule has 0 atom stereocenters. The van der Waals surface area contributed by atoms with E-state index < -0.39 is 5.97 Å². The Morgan fingerprint density at radius 2 is 1.71 bits per heavy atom. The van der Waals surface area contributed by atoms with Crippen LogP contribution in [0.2, 0.25) is 0 Å². The summed E-state index contributed by atoms with van der Waals surface area (Å²) in [7, 11) is 0. The molecule has 1 amide bonds. The zero-order valence-corrected chi connectivity index (χ0v) is 10.3. The van der Waals surface area contributed by atoms with Crippen molar-refractivity contribution in [3.63, 3.8) is 0 Å². The standard InChI is InChI=1S/C13H17NO3/c1-13(2,3)8-14-11(15)9-6-4-5-7-10(9)12(16)17/h4-7H,8H2,1-3H3,(H,14,15)(H,16,17). The number of carboxylic acid groups (broad SMARTS) is 1. The Morgan fingerprint density at radius 1 is 1.18 bits per heavy atom. The second kappa shape index (κ2) is 4.99. The maximum absolute atomic E-state index is 11.8. The van der Waals surface area contributed by atoms with E-state index in [1.165, 1.54) is 12.1 Å². The van der Waals surface area contributed by atoms with Crippen LogP contribution in [0.25, 0.3) is 0 Å². The van der Waals surface area contributed by atoms with Crippen molar-refractivity contribution >= 4 is 11.9 Å². The minimum Gasteiger partial charge on any atom is -0.478 e. The van der Waals surface area contributed by atoms with Crippen molar-refractivity contribution in [2.75, 3.05) is 6.54 Å². The minimum absolute atomic E-state index is 0.0268. The van der Waals surface area contributed by atoms with E-state index in [0.29, 0.717) is 6.54 Å². The Balaban J connectivity index is 2.86. The highest BCUT2D eigenvalue weighted by atomic mass is 16.4. The second-order valence-corrected chi connectivity index (χ2v) is 5.09. The molecule has 0 saturated heterocycles. The van der Waals surface area contributed by atoms with Gasteiger partial charge in [0.1, 0.15) is 0 Å². The van der Waals surface area contributed by atoms with Gasteiger partial charge in [-0.3, -0.25) is 4.79 Å². The number of hydrogen-bond acceptors (Lipinski definition) is 2. The van der Waals surface area contributed by atoms with Crippen LogP contribution in [0.5, 0.6) is 0 Å². The monoisotopic (exact) mass is 235 g/mol. The molecule has 0 bridgehead atoms.